The summed E-state index contributed by atoms with van der Waals surface area (Å²) in [6.07, 6.45) is 37.3. The fraction of sp³-hybridized carbons (Fsp3) is 0.711. The molecule has 0 radical (unpaired) electrons. The largest absolute Gasteiger partial charge is 0.472 e. The molecule has 272 valence electrons. The average molecular weight is 682 g/mol. The molecule has 0 aromatic carbocycles. The number of hydrogen-bond acceptors (Lipinski definition) is 5. The van der Waals surface area contributed by atoms with E-state index in [1.807, 2.05) is 33.3 Å². The van der Waals surface area contributed by atoms with Crippen LogP contribution in [-0.4, -0.2) is 73.4 Å². The highest BCUT2D eigenvalue weighted by molar-refractivity contribution is 7.47. The van der Waals surface area contributed by atoms with Crippen molar-refractivity contribution in [3.8, 4) is 0 Å². The predicted molar refractivity (Wildman–Crippen MR) is 198 cm³/mol. The third-order valence-corrected chi connectivity index (χ3v) is 8.44. The van der Waals surface area contributed by atoms with Gasteiger partial charge in [-0.25, -0.2) is 4.57 Å². The number of phosphoric ester groups is 1. The van der Waals surface area contributed by atoms with E-state index < -0.39 is 20.0 Å². The average Bonchev–Trinajstić information content (AvgIpc) is 3.01. The number of quaternary nitrogens is 1. The molecule has 0 rings (SSSR count). The number of carbonyl (C=O) groups excluding carboxylic acids is 1. The van der Waals surface area contributed by atoms with Gasteiger partial charge in [0.2, 0.25) is 5.91 Å². The second kappa shape index (κ2) is 30.3. The lowest BCUT2D eigenvalue weighted by Crippen LogP contribution is -2.45. The molecule has 0 aliphatic heterocycles. The van der Waals surface area contributed by atoms with Gasteiger partial charge in [0.1, 0.15) is 13.2 Å². The second-order valence-corrected chi connectivity index (χ2v) is 14.7. The van der Waals surface area contributed by atoms with Gasteiger partial charge in [-0.2, -0.15) is 0 Å². The van der Waals surface area contributed by atoms with Gasteiger partial charge in [-0.05, 0) is 57.8 Å². The van der Waals surface area contributed by atoms with Crippen LogP contribution < -0.4 is 5.32 Å². The van der Waals surface area contributed by atoms with E-state index in [-0.39, 0.29) is 25.5 Å². The number of amides is 1. The Morgan fingerprint density at radius 3 is 1.89 bits per heavy atom. The lowest BCUT2D eigenvalue weighted by Gasteiger charge is -2.25. The molecule has 0 fully saturated rings. The molecule has 47 heavy (non-hydrogen) atoms. The monoisotopic (exact) mass is 681 g/mol. The molecule has 0 saturated carbocycles. The first-order valence-electron chi connectivity index (χ1n) is 18.2. The number of allylic oxidation sites excluding steroid dienone is 9. The zero-order valence-corrected chi connectivity index (χ0v) is 31.4. The Morgan fingerprint density at radius 1 is 0.723 bits per heavy atom. The Morgan fingerprint density at radius 2 is 1.26 bits per heavy atom. The maximum absolute atomic E-state index is 12.7. The minimum atomic E-state index is -4.35. The highest BCUT2D eigenvalue weighted by Gasteiger charge is 2.27. The van der Waals surface area contributed by atoms with Crippen LogP contribution in [0.25, 0.3) is 0 Å². The first-order valence-corrected chi connectivity index (χ1v) is 19.7. The van der Waals surface area contributed by atoms with Crippen LogP contribution >= 0.6 is 7.82 Å². The molecule has 0 saturated heterocycles. The Kier molecular flexibility index (Phi) is 29.1. The van der Waals surface area contributed by atoms with E-state index in [0.29, 0.717) is 17.4 Å². The van der Waals surface area contributed by atoms with Crippen molar-refractivity contribution in [2.24, 2.45) is 0 Å². The number of aliphatic hydroxyl groups is 1. The number of rotatable bonds is 31. The van der Waals surface area contributed by atoms with Crippen molar-refractivity contribution in [1.82, 2.24) is 5.32 Å². The van der Waals surface area contributed by atoms with Crippen LogP contribution in [0.4, 0.5) is 0 Å². The molecule has 3 unspecified atom stereocenters. The van der Waals surface area contributed by atoms with Gasteiger partial charge in [-0.3, -0.25) is 13.8 Å². The Bertz CT molecular complexity index is 954. The van der Waals surface area contributed by atoms with E-state index in [1.54, 1.807) is 6.08 Å². The van der Waals surface area contributed by atoms with E-state index in [1.165, 1.54) is 51.4 Å². The minimum Gasteiger partial charge on any atom is -0.387 e. The van der Waals surface area contributed by atoms with Crippen LogP contribution in [0.1, 0.15) is 123 Å². The van der Waals surface area contributed by atoms with Crippen LogP contribution in [0.15, 0.2) is 60.8 Å². The van der Waals surface area contributed by atoms with E-state index in [4.69, 9.17) is 9.05 Å². The Balaban J connectivity index is 4.76. The molecule has 0 aromatic heterocycles. The highest BCUT2D eigenvalue weighted by Crippen LogP contribution is 2.43. The van der Waals surface area contributed by atoms with Gasteiger partial charge < -0.3 is 19.8 Å². The molecule has 1 amide bonds. The molecular weight excluding hydrogens is 611 g/mol. The summed E-state index contributed by atoms with van der Waals surface area (Å²) < 4.78 is 23.3. The van der Waals surface area contributed by atoms with Crippen molar-refractivity contribution in [3.63, 3.8) is 0 Å². The topological polar surface area (TPSA) is 105 Å². The molecule has 0 bridgehead atoms. The molecule has 0 aliphatic carbocycles. The van der Waals surface area contributed by atoms with Gasteiger partial charge in [0.15, 0.2) is 0 Å². The smallest absolute Gasteiger partial charge is 0.387 e. The molecule has 0 aromatic rings. The molecular formula is C38H70N2O6P+. The summed E-state index contributed by atoms with van der Waals surface area (Å²) in [5, 5.41) is 13.6. The minimum absolute atomic E-state index is 0.0417. The molecule has 0 heterocycles. The van der Waals surface area contributed by atoms with Crippen LogP contribution in [0.5, 0.6) is 0 Å². The fourth-order valence-electron chi connectivity index (χ4n) is 4.46. The maximum Gasteiger partial charge on any atom is 0.472 e. The van der Waals surface area contributed by atoms with Crippen LogP contribution in [0.2, 0.25) is 0 Å². The van der Waals surface area contributed by atoms with Gasteiger partial charge >= 0.3 is 7.82 Å². The third-order valence-electron chi connectivity index (χ3n) is 7.45. The summed E-state index contributed by atoms with van der Waals surface area (Å²) in [6.45, 7) is 4.63. The summed E-state index contributed by atoms with van der Waals surface area (Å²) in [5.41, 5.74) is 0. The second-order valence-electron chi connectivity index (χ2n) is 13.2. The molecule has 0 spiro atoms. The first-order chi connectivity index (χ1) is 22.5. The number of hydrogen-bond donors (Lipinski definition) is 3. The van der Waals surface area contributed by atoms with Crippen molar-refractivity contribution in [2.75, 3.05) is 40.9 Å². The predicted octanol–water partition coefficient (Wildman–Crippen LogP) is 9.12. The van der Waals surface area contributed by atoms with Crippen molar-refractivity contribution in [1.29, 1.82) is 0 Å². The molecule has 0 aliphatic rings. The number of likely N-dealkylation sites (N-methyl/N-ethyl adjacent to an activating group) is 1. The number of unbranched alkanes of at least 4 members (excludes halogenated alkanes) is 10. The van der Waals surface area contributed by atoms with Gasteiger partial charge in [-0.15, -0.1) is 0 Å². The van der Waals surface area contributed by atoms with E-state index in [0.717, 1.165) is 44.9 Å². The number of nitrogens with one attached hydrogen (secondary N) is 1. The van der Waals surface area contributed by atoms with E-state index >= 15 is 0 Å². The molecule has 3 atom stereocenters. The summed E-state index contributed by atoms with van der Waals surface area (Å²) in [5.74, 6) is -0.264. The van der Waals surface area contributed by atoms with E-state index in [9.17, 15) is 19.4 Å². The van der Waals surface area contributed by atoms with Gasteiger partial charge in [0.25, 0.3) is 0 Å². The van der Waals surface area contributed by atoms with Gasteiger partial charge in [0.05, 0.1) is 39.9 Å². The van der Waals surface area contributed by atoms with E-state index in [2.05, 4.69) is 61.7 Å². The SMILES string of the molecule is CCCC/C=C/CC/C=C/CC/C=C/C(O)C(COP(=O)(O)OCC[N+](C)(C)C)NC(=O)CC/C=C\C/C=C\CCCCCCCC. The zero-order chi connectivity index (χ0) is 35.1. The third kappa shape index (κ3) is 32.5. The summed E-state index contributed by atoms with van der Waals surface area (Å²) in [4.78, 5) is 22.9. The van der Waals surface area contributed by atoms with Crippen molar-refractivity contribution in [3.05, 3.63) is 60.8 Å². The maximum atomic E-state index is 12.7. The number of aliphatic hydroxyl groups excluding tert-OH is 1. The summed E-state index contributed by atoms with van der Waals surface area (Å²) >= 11 is 0. The summed E-state index contributed by atoms with van der Waals surface area (Å²) in [6, 6.07) is -0.898. The number of phosphoric acid groups is 1. The summed E-state index contributed by atoms with van der Waals surface area (Å²) in [7, 11) is 1.50. The number of nitrogens with zero attached hydrogens (tertiary/aromatic N) is 1. The molecule has 8 nitrogen and oxygen atoms in total. The Hall–Kier alpha value is -1.80. The van der Waals surface area contributed by atoms with Crippen LogP contribution in [-0.2, 0) is 18.4 Å². The van der Waals surface area contributed by atoms with Crippen LogP contribution in [0, 0.1) is 0 Å². The lowest BCUT2D eigenvalue weighted by molar-refractivity contribution is -0.870. The van der Waals surface area contributed by atoms with Crippen molar-refractivity contribution in [2.45, 2.75) is 135 Å². The van der Waals surface area contributed by atoms with Gasteiger partial charge in [-0.1, -0.05) is 120 Å². The quantitative estimate of drug-likeness (QED) is 0.0292. The normalized spacial score (nSPS) is 15.5. The van der Waals surface area contributed by atoms with Gasteiger partial charge in [0, 0.05) is 6.42 Å². The zero-order valence-electron chi connectivity index (χ0n) is 30.5. The van der Waals surface area contributed by atoms with Crippen LogP contribution in [0.3, 0.4) is 0 Å². The fourth-order valence-corrected chi connectivity index (χ4v) is 5.19. The standard InChI is InChI=1S/C38H69N2O6P/c1-6-8-10-12-14-16-18-20-22-24-26-28-30-32-38(42)39-36(35-46-47(43,44)45-34-33-40(3,4)5)37(41)31-29-27-25-23-21-19-17-15-13-11-9-7-2/h13,15,20-23,26,28-29,31,36-37,41H,6-12,14,16-19,24-25,27,30,32-35H2,1-5H3,(H-,39,42,43,44)/p+1/b15-13+,22-20-,23-21+,28-26-,31-29+. The lowest BCUT2D eigenvalue weighted by atomic mass is 10.1. The Labute approximate surface area is 288 Å². The highest BCUT2D eigenvalue weighted by atomic mass is 31.2. The first kappa shape index (κ1) is 45.2. The number of carbonyl (C=O) groups is 1. The molecule has 3 N–H and O–H groups in total. The molecule has 9 heteroatoms. The van der Waals surface area contributed by atoms with Crippen molar-refractivity contribution < 1.29 is 32.9 Å². The van der Waals surface area contributed by atoms with Crippen molar-refractivity contribution >= 4 is 13.7 Å².